The Kier molecular flexibility index (Phi) is 5.39. The molecule has 0 atom stereocenters. The molecule has 2 aromatic carbocycles. The van der Waals surface area contributed by atoms with Crippen molar-refractivity contribution >= 4 is 45.6 Å². The monoisotopic (exact) mass is 467 g/mol. The molecule has 1 N–H and O–H groups in total. The van der Waals surface area contributed by atoms with Gasteiger partial charge in [-0.05, 0) is 13.0 Å². The molecule has 12 nitrogen and oxygen atoms in total. The molecule has 0 saturated carbocycles. The summed E-state index contributed by atoms with van der Waals surface area (Å²) in [6.07, 6.45) is 0. The fourth-order valence-corrected chi connectivity index (χ4v) is 4.08. The van der Waals surface area contributed by atoms with Crippen LogP contribution in [0, 0.1) is 27.2 Å². The second-order valence-electron chi connectivity index (χ2n) is 7.00. The molecule has 3 amide bonds. The van der Waals surface area contributed by atoms with Crippen molar-refractivity contribution in [1.82, 2.24) is 9.88 Å². The number of imide groups is 1. The van der Waals surface area contributed by atoms with Gasteiger partial charge in [0.15, 0.2) is 5.13 Å². The Hall–Kier alpha value is -4.52. The minimum Gasteiger partial charge on any atom is -0.300 e. The maximum absolute atomic E-state index is 12.6. The fraction of sp³-hybridized carbons (Fsp3) is 0.100. The molecule has 0 fully saturated rings. The molecular weight excluding hydrogens is 454 g/mol. The van der Waals surface area contributed by atoms with Gasteiger partial charge in [0.05, 0.1) is 21.1 Å². The van der Waals surface area contributed by atoms with Crippen LogP contribution >= 0.6 is 11.3 Å². The van der Waals surface area contributed by atoms with Gasteiger partial charge in [-0.2, -0.15) is 0 Å². The highest BCUT2D eigenvalue weighted by Crippen LogP contribution is 2.31. The summed E-state index contributed by atoms with van der Waals surface area (Å²) in [6.45, 7) is 0.955. The molecule has 13 heteroatoms. The van der Waals surface area contributed by atoms with Gasteiger partial charge < -0.3 is 5.32 Å². The largest absolute Gasteiger partial charge is 0.300 e. The quantitative estimate of drug-likeness (QED) is 0.328. The zero-order valence-electron chi connectivity index (χ0n) is 16.8. The highest BCUT2D eigenvalue weighted by atomic mass is 32.1. The topological polar surface area (TPSA) is 166 Å². The molecule has 1 aliphatic heterocycles. The van der Waals surface area contributed by atoms with Crippen LogP contribution in [0.4, 0.5) is 16.5 Å². The zero-order valence-corrected chi connectivity index (χ0v) is 17.6. The molecule has 4 rings (SSSR count). The van der Waals surface area contributed by atoms with E-state index in [1.807, 2.05) is 0 Å². The predicted octanol–water partition coefficient (Wildman–Crippen LogP) is 3.17. The zero-order chi connectivity index (χ0) is 23.9. The molecule has 0 bridgehead atoms. The van der Waals surface area contributed by atoms with Gasteiger partial charge in [0, 0.05) is 28.6 Å². The number of nitrogens with one attached hydrogen (secondary N) is 1. The number of hydrogen-bond donors (Lipinski definition) is 1. The second-order valence-corrected chi connectivity index (χ2v) is 7.86. The molecule has 166 valence electrons. The van der Waals surface area contributed by atoms with Gasteiger partial charge in [-0.15, -0.1) is 11.3 Å². The first kappa shape index (κ1) is 21.7. The molecule has 0 saturated heterocycles. The van der Waals surface area contributed by atoms with Crippen LogP contribution in [0.1, 0.15) is 26.3 Å². The van der Waals surface area contributed by atoms with Crippen molar-refractivity contribution in [3.8, 4) is 11.3 Å². The molecule has 1 aromatic heterocycles. The van der Waals surface area contributed by atoms with Crippen LogP contribution in [0.25, 0.3) is 11.3 Å². The normalized spacial score (nSPS) is 12.6. The van der Waals surface area contributed by atoms with E-state index in [-0.39, 0.29) is 21.9 Å². The molecule has 33 heavy (non-hydrogen) atoms. The van der Waals surface area contributed by atoms with Crippen LogP contribution in [0.15, 0.2) is 41.8 Å². The number of carbonyl (C=O) groups is 3. The van der Waals surface area contributed by atoms with E-state index in [1.54, 1.807) is 24.4 Å². The van der Waals surface area contributed by atoms with Crippen LogP contribution in [-0.2, 0) is 4.79 Å². The lowest BCUT2D eigenvalue weighted by molar-refractivity contribution is -0.385. The van der Waals surface area contributed by atoms with E-state index in [0.29, 0.717) is 21.7 Å². The first-order valence-electron chi connectivity index (χ1n) is 9.31. The van der Waals surface area contributed by atoms with Crippen LogP contribution in [0.5, 0.6) is 0 Å². The number of nitro benzene ring substituents is 2. The van der Waals surface area contributed by atoms with Crippen molar-refractivity contribution in [1.29, 1.82) is 0 Å². The number of hydrogen-bond acceptors (Lipinski definition) is 9. The van der Waals surface area contributed by atoms with Gasteiger partial charge in [-0.25, -0.2) is 4.98 Å². The summed E-state index contributed by atoms with van der Waals surface area (Å²) < 4.78 is 0. The van der Waals surface area contributed by atoms with Gasteiger partial charge in [-0.3, -0.25) is 39.5 Å². The third-order valence-corrected chi connectivity index (χ3v) is 5.69. The summed E-state index contributed by atoms with van der Waals surface area (Å²) in [5.41, 5.74) is 0.314. The molecule has 0 spiro atoms. The Labute approximate surface area is 188 Å². The Morgan fingerprint density at radius 3 is 2.52 bits per heavy atom. The first-order valence-corrected chi connectivity index (χ1v) is 10.2. The Morgan fingerprint density at radius 2 is 1.82 bits per heavy atom. The van der Waals surface area contributed by atoms with E-state index in [0.717, 1.165) is 17.4 Å². The summed E-state index contributed by atoms with van der Waals surface area (Å²) >= 11 is 1.05. The minimum atomic E-state index is -0.927. The smallest absolute Gasteiger partial charge is 0.282 e. The standard InChI is InChI=1S/C20H13N5O7S/c1-10-5-6-11(7-15(10)25(31)32)13-9-33-20(21-13)22-16(26)8-23-18(27)12-3-2-4-14(24(29)30)17(12)19(23)28/h2-7,9H,8H2,1H3,(H,21,22,26). The minimum absolute atomic E-state index is 0.0641. The number of rotatable bonds is 6. The number of thiazole rings is 1. The second kappa shape index (κ2) is 8.20. The number of aromatic nitrogens is 1. The average molecular weight is 467 g/mol. The average Bonchev–Trinajstić information content (AvgIpc) is 3.32. The maximum Gasteiger partial charge on any atom is 0.282 e. The SMILES string of the molecule is Cc1ccc(-c2csc(NC(=O)CN3C(=O)c4cccc([N+](=O)[O-])c4C3=O)n2)cc1[N+](=O)[O-]. The lowest BCUT2D eigenvalue weighted by Gasteiger charge is -2.12. The number of carbonyl (C=O) groups excluding carboxylic acids is 3. The van der Waals surface area contributed by atoms with Gasteiger partial charge in [0.2, 0.25) is 5.91 Å². The van der Waals surface area contributed by atoms with Gasteiger partial charge in [0.1, 0.15) is 12.1 Å². The van der Waals surface area contributed by atoms with E-state index in [2.05, 4.69) is 10.3 Å². The molecular formula is C20H13N5O7S. The van der Waals surface area contributed by atoms with Crippen LogP contribution in [0.3, 0.4) is 0 Å². The van der Waals surface area contributed by atoms with Crippen molar-refractivity contribution in [3.05, 3.63) is 78.7 Å². The number of aryl methyl sites for hydroxylation is 1. The van der Waals surface area contributed by atoms with E-state index >= 15 is 0 Å². The molecule has 0 radical (unpaired) electrons. The number of anilines is 1. The summed E-state index contributed by atoms with van der Waals surface area (Å²) in [6, 6.07) is 8.32. The third kappa shape index (κ3) is 3.92. The van der Waals surface area contributed by atoms with Crippen molar-refractivity contribution in [2.45, 2.75) is 6.92 Å². The number of nitrogens with zero attached hydrogens (tertiary/aromatic N) is 4. The van der Waals surface area contributed by atoms with E-state index in [1.165, 1.54) is 18.2 Å². The summed E-state index contributed by atoms with van der Waals surface area (Å²) in [5.74, 6) is -2.46. The van der Waals surface area contributed by atoms with Crippen molar-refractivity contribution in [2.75, 3.05) is 11.9 Å². The van der Waals surface area contributed by atoms with Gasteiger partial charge in [-0.1, -0.05) is 18.2 Å². The van der Waals surface area contributed by atoms with E-state index < -0.39 is 39.8 Å². The van der Waals surface area contributed by atoms with Crippen LogP contribution < -0.4 is 5.32 Å². The summed E-state index contributed by atoms with van der Waals surface area (Å²) in [5, 5.41) is 26.5. The van der Waals surface area contributed by atoms with E-state index in [9.17, 15) is 34.6 Å². The Balaban J connectivity index is 1.49. The fourth-order valence-electron chi connectivity index (χ4n) is 3.34. The number of benzene rings is 2. The molecule has 2 heterocycles. The number of fused-ring (bicyclic) bond motifs is 1. The lowest BCUT2D eigenvalue weighted by atomic mass is 10.1. The van der Waals surface area contributed by atoms with Crippen LogP contribution in [-0.4, -0.2) is 44.0 Å². The maximum atomic E-state index is 12.6. The highest BCUT2D eigenvalue weighted by Gasteiger charge is 2.41. The van der Waals surface area contributed by atoms with Crippen molar-refractivity contribution in [2.24, 2.45) is 0 Å². The number of amides is 3. The Bertz CT molecular complexity index is 1370. The van der Waals surface area contributed by atoms with Gasteiger partial charge in [0.25, 0.3) is 23.2 Å². The predicted molar refractivity (Wildman–Crippen MR) is 116 cm³/mol. The number of nitro groups is 2. The van der Waals surface area contributed by atoms with Crippen molar-refractivity contribution in [3.63, 3.8) is 0 Å². The van der Waals surface area contributed by atoms with E-state index in [4.69, 9.17) is 0 Å². The lowest BCUT2D eigenvalue weighted by Crippen LogP contribution is -2.37. The third-order valence-electron chi connectivity index (χ3n) is 4.93. The van der Waals surface area contributed by atoms with Crippen LogP contribution in [0.2, 0.25) is 0 Å². The molecule has 0 aliphatic carbocycles. The van der Waals surface area contributed by atoms with Crippen molar-refractivity contribution < 1.29 is 24.2 Å². The Morgan fingerprint density at radius 1 is 1.09 bits per heavy atom. The highest BCUT2D eigenvalue weighted by molar-refractivity contribution is 7.14. The molecule has 0 unspecified atom stereocenters. The molecule has 1 aliphatic rings. The molecule has 3 aromatic rings. The first-order chi connectivity index (χ1) is 15.7. The van der Waals surface area contributed by atoms with Gasteiger partial charge >= 0.3 is 0 Å². The summed E-state index contributed by atoms with van der Waals surface area (Å²) in [7, 11) is 0. The summed E-state index contributed by atoms with van der Waals surface area (Å²) in [4.78, 5) is 63.5.